The van der Waals surface area contributed by atoms with Crippen molar-refractivity contribution in [2.75, 3.05) is 13.2 Å². The fourth-order valence-electron chi connectivity index (χ4n) is 2.58. The van der Waals surface area contributed by atoms with Gasteiger partial charge in [-0.2, -0.15) is 0 Å². The first-order valence-electron chi connectivity index (χ1n) is 5.32. The van der Waals surface area contributed by atoms with Gasteiger partial charge in [0.1, 0.15) is 0 Å². The summed E-state index contributed by atoms with van der Waals surface area (Å²) in [4.78, 5) is 0. The Labute approximate surface area is 98.6 Å². The van der Waals surface area contributed by atoms with Crippen molar-refractivity contribution in [1.29, 1.82) is 0 Å². The molecule has 1 unspecified atom stereocenters. The van der Waals surface area contributed by atoms with E-state index in [4.69, 9.17) is 10.8 Å². The zero-order valence-corrected chi connectivity index (χ0v) is 10.3. The summed E-state index contributed by atoms with van der Waals surface area (Å²) < 4.78 is 1.12. The second-order valence-electron chi connectivity index (χ2n) is 4.26. The number of hydrogen-bond acceptors (Lipinski definition) is 2. The van der Waals surface area contributed by atoms with E-state index in [9.17, 15) is 0 Å². The molecule has 0 spiro atoms. The van der Waals surface area contributed by atoms with Crippen LogP contribution in [0.25, 0.3) is 0 Å². The Hall–Kier alpha value is -0.380. The number of hydrogen-bond donors (Lipinski definition) is 2. The fraction of sp³-hybridized carbons (Fsp3) is 0.500. The minimum Gasteiger partial charge on any atom is -0.396 e. The molecule has 1 atom stereocenters. The van der Waals surface area contributed by atoms with Crippen LogP contribution >= 0.6 is 15.9 Å². The summed E-state index contributed by atoms with van der Waals surface area (Å²) in [6.07, 6.45) is 2.92. The number of aliphatic hydroxyl groups is 1. The Bertz CT molecular complexity index is 367. The lowest BCUT2D eigenvalue weighted by atomic mass is 9.79. The van der Waals surface area contributed by atoms with Crippen LogP contribution in [-0.2, 0) is 11.8 Å². The fourth-order valence-corrected chi connectivity index (χ4v) is 2.99. The van der Waals surface area contributed by atoms with Crippen molar-refractivity contribution in [1.82, 2.24) is 0 Å². The van der Waals surface area contributed by atoms with Gasteiger partial charge in [0.25, 0.3) is 0 Å². The maximum absolute atomic E-state index is 9.14. The standard InChI is InChI=1S/C12H16BrNO/c13-10-1-2-11-9(7-10)3-4-12(11,8-14)5-6-15/h1-2,7,15H,3-6,8,14H2. The van der Waals surface area contributed by atoms with E-state index in [0.29, 0.717) is 6.54 Å². The Morgan fingerprint density at radius 1 is 1.47 bits per heavy atom. The van der Waals surface area contributed by atoms with Crippen molar-refractivity contribution < 1.29 is 5.11 Å². The highest BCUT2D eigenvalue weighted by Crippen LogP contribution is 2.41. The van der Waals surface area contributed by atoms with Crippen LogP contribution in [-0.4, -0.2) is 18.3 Å². The summed E-state index contributed by atoms with van der Waals surface area (Å²) in [6, 6.07) is 6.38. The zero-order chi connectivity index (χ0) is 10.9. The zero-order valence-electron chi connectivity index (χ0n) is 8.67. The molecule has 2 rings (SSSR count). The van der Waals surface area contributed by atoms with Crippen molar-refractivity contribution in [3.63, 3.8) is 0 Å². The van der Waals surface area contributed by atoms with Gasteiger partial charge in [-0.3, -0.25) is 0 Å². The predicted octanol–water partition coefficient (Wildman–Crippen LogP) is 1.97. The van der Waals surface area contributed by atoms with E-state index in [1.165, 1.54) is 11.1 Å². The molecule has 0 fully saturated rings. The van der Waals surface area contributed by atoms with E-state index in [1.807, 2.05) is 0 Å². The Morgan fingerprint density at radius 3 is 2.93 bits per heavy atom. The first-order valence-corrected chi connectivity index (χ1v) is 6.11. The lowest BCUT2D eigenvalue weighted by Crippen LogP contribution is -2.33. The van der Waals surface area contributed by atoms with Gasteiger partial charge < -0.3 is 10.8 Å². The lowest BCUT2D eigenvalue weighted by molar-refractivity contribution is 0.238. The second-order valence-corrected chi connectivity index (χ2v) is 5.18. The molecule has 0 aliphatic heterocycles. The van der Waals surface area contributed by atoms with Gasteiger partial charge in [-0.25, -0.2) is 0 Å². The molecule has 0 saturated heterocycles. The van der Waals surface area contributed by atoms with Gasteiger partial charge in [0.15, 0.2) is 0 Å². The molecule has 0 bridgehead atoms. The molecule has 0 radical (unpaired) electrons. The summed E-state index contributed by atoms with van der Waals surface area (Å²) in [7, 11) is 0. The molecule has 1 aliphatic carbocycles. The summed E-state index contributed by atoms with van der Waals surface area (Å²) in [5, 5.41) is 9.14. The van der Waals surface area contributed by atoms with Gasteiger partial charge in [0.05, 0.1) is 0 Å². The Morgan fingerprint density at radius 2 is 2.27 bits per heavy atom. The maximum atomic E-state index is 9.14. The number of aliphatic hydroxyl groups excluding tert-OH is 1. The first-order chi connectivity index (χ1) is 7.22. The minimum absolute atomic E-state index is 0.0186. The van der Waals surface area contributed by atoms with Crippen LogP contribution in [0.5, 0.6) is 0 Å². The third-order valence-electron chi connectivity index (χ3n) is 3.49. The van der Waals surface area contributed by atoms with Crippen molar-refractivity contribution in [3.05, 3.63) is 33.8 Å². The van der Waals surface area contributed by atoms with E-state index in [2.05, 4.69) is 34.1 Å². The quantitative estimate of drug-likeness (QED) is 0.882. The first kappa shape index (κ1) is 11.1. The number of aryl methyl sites for hydroxylation is 1. The number of nitrogens with two attached hydrogens (primary N) is 1. The summed E-state index contributed by atoms with van der Waals surface area (Å²) >= 11 is 3.48. The molecule has 15 heavy (non-hydrogen) atoms. The van der Waals surface area contributed by atoms with E-state index < -0.39 is 0 Å². The van der Waals surface area contributed by atoms with E-state index >= 15 is 0 Å². The van der Waals surface area contributed by atoms with E-state index in [0.717, 1.165) is 23.7 Å². The van der Waals surface area contributed by atoms with Crippen LogP contribution in [0.1, 0.15) is 24.0 Å². The largest absolute Gasteiger partial charge is 0.396 e. The van der Waals surface area contributed by atoms with Gasteiger partial charge in [0, 0.05) is 23.0 Å². The monoisotopic (exact) mass is 269 g/mol. The third-order valence-corrected chi connectivity index (χ3v) is 3.99. The minimum atomic E-state index is 0.0186. The van der Waals surface area contributed by atoms with E-state index in [1.54, 1.807) is 0 Å². The highest BCUT2D eigenvalue weighted by Gasteiger charge is 2.36. The highest BCUT2D eigenvalue weighted by molar-refractivity contribution is 9.10. The van der Waals surface area contributed by atoms with Crippen LogP contribution in [0, 0.1) is 0 Å². The van der Waals surface area contributed by atoms with Crippen LogP contribution in [0.15, 0.2) is 22.7 Å². The summed E-state index contributed by atoms with van der Waals surface area (Å²) in [5.74, 6) is 0. The Kier molecular flexibility index (Phi) is 3.14. The van der Waals surface area contributed by atoms with Crippen LogP contribution in [0.4, 0.5) is 0 Å². The smallest absolute Gasteiger partial charge is 0.0440 e. The van der Waals surface area contributed by atoms with E-state index in [-0.39, 0.29) is 12.0 Å². The topological polar surface area (TPSA) is 46.2 Å². The maximum Gasteiger partial charge on any atom is 0.0440 e. The molecule has 1 aromatic rings. The van der Waals surface area contributed by atoms with Gasteiger partial charge in [0.2, 0.25) is 0 Å². The number of halogens is 1. The van der Waals surface area contributed by atoms with Crippen molar-refractivity contribution >= 4 is 15.9 Å². The van der Waals surface area contributed by atoms with Gasteiger partial charge in [-0.15, -0.1) is 0 Å². The molecule has 0 amide bonds. The van der Waals surface area contributed by atoms with Crippen molar-refractivity contribution in [3.8, 4) is 0 Å². The molecule has 0 heterocycles. The van der Waals surface area contributed by atoms with Crippen LogP contribution < -0.4 is 5.73 Å². The number of benzene rings is 1. The molecule has 82 valence electrons. The van der Waals surface area contributed by atoms with Gasteiger partial charge >= 0.3 is 0 Å². The molecular weight excluding hydrogens is 254 g/mol. The Balaban J connectivity index is 2.41. The molecule has 1 aromatic carbocycles. The highest BCUT2D eigenvalue weighted by atomic mass is 79.9. The average molecular weight is 270 g/mol. The molecule has 2 nitrogen and oxygen atoms in total. The third kappa shape index (κ3) is 1.84. The van der Waals surface area contributed by atoms with Crippen molar-refractivity contribution in [2.24, 2.45) is 5.73 Å². The second kappa shape index (κ2) is 4.24. The predicted molar refractivity (Wildman–Crippen MR) is 64.9 cm³/mol. The van der Waals surface area contributed by atoms with Crippen LogP contribution in [0.2, 0.25) is 0 Å². The molecule has 0 aromatic heterocycles. The molecule has 0 saturated carbocycles. The average Bonchev–Trinajstić information content (AvgIpc) is 2.58. The van der Waals surface area contributed by atoms with Crippen molar-refractivity contribution in [2.45, 2.75) is 24.7 Å². The molecule has 3 heteroatoms. The lowest BCUT2D eigenvalue weighted by Gasteiger charge is -2.28. The molecule has 3 N–H and O–H groups in total. The van der Waals surface area contributed by atoms with Gasteiger partial charge in [-0.1, -0.05) is 22.0 Å². The molecular formula is C12H16BrNO. The summed E-state index contributed by atoms with van der Waals surface area (Å²) in [5.41, 5.74) is 8.62. The van der Waals surface area contributed by atoms with Crippen LogP contribution in [0.3, 0.4) is 0 Å². The number of fused-ring (bicyclic) bond motifs is 1. The van der Waals surface area contributed by atoms with Gasteiger partial charge in [-0.05, 0) is 42.5 Å². The normalized spacial score (nSPS) is 24.2. The summed E-state index contributed by atoms with van der Waals surface area (Å²) in [6.45, 7) is 0.842. The SMILES string of the molecule is NCC1(CCO)CCc2cc(Br)ccc21. The number of rotatable bonds is 3. The molecule has 1 aliphatic rings.